The minimum atomic E-state index is 0.258. The summed E-state index contributed by atoms with van der Waals surface area (Å²) in [6.07, 6.45) is 1.08. The number of nitrogens with one attached hydrogen (secondary N) is 1. The summed E-state index contributed by atoms with van der Waals surface area (Å²) in [5, 5.41) is 8.16. The Balaban J connectivity index is 2.33. The second-order valence-electron chi connectivity index (χ2n) is 5.84. The zero-order valence-corrected chi connectivity index (χ0v) is 14.1. The summed E-state index contributed by atoms with van der Waals surface area (Å²) in [4.78, 5) is 0. The van der Waals surface area contributed by atoms with Crippen LogP contribution in [0.2, 0.25) is 0 Å². The van der Waals surface area contributed by atoms with Crippen molar-refractivity contribution >= 4 is 0 Å². The predicted octanol–water partition coefficient (Wildman–Crippen LogP) is 3.89. The monoisotopic (exact) mass is 285 g/mol. The van der Waals surface area contributed by atoms with Gasteiger partial charge in [0.1, 0.15) is 0 Å². The van der Waals surface area contributed by atoms with Crippen molar-refractivity contribution in [2.45, 2.75) is 53.1 Å². The molecule has 0 fully saturated rings. The highest BCUT2D eigenvalue weighted by Gasteiger charge is 2.22. The van der Waals surface area contributed by atoms with Crippen molar-refractivity contribution in [2.24, 2.45) is 0 Å². The van der Waals surface area contributed by atoms with Gasteiger partial charge in [-0.2, -0.15) is 5.10 Å². The number of hydrogen-bond donors (Lipinski definition) is 1. The fourth-order valence-corrected chi connectivity index (χ4v) is 2.93. The van der Waals surface area contributed by atoms with Gasteiger partial charge in [0.2, 0.25) is 0 Å². The second kappa shape index (κ2) is 6.44. The van der Waals surface area contributed by atoms with E-state index >= 15 is 0 Å². The number of aromatic nitrogens is 2. The topological polar surface area (TPSA) is 29.9 Å². The number of likely N-dealkylation sites (N-methyl/N-ethyl adjacent to an activating group) is 1. The summed E-state index contributed by atoms with van der Waals surface area (Å²) in [7, 11) is 2.02. The van der Waals surface area contributed by atoms with Crippen LogP contribution in [-0.2, 0) is 6.42 Å². The van der Waals surface area contributed by atoms with Gasteiger partial charge in [-0.15, -0.1) is 0 Å². The molecule has 0 spiro atoms. The molecule has 21 heavy (non-hydrogen) atoms. The Labute approximate surface area is 128 Å². The number of aryl methyl sites for hydroxylation is 2. The van der Waals surface area contributed by atoms with Gasteiger partial charge >= 0.3 is 0 Å². The molecule has 2 rings (SSSR count). The van der Waals surface area contributed by atoms with Gasteiger partial charge in [-0.05, 0) is 57.9 Å². The Kier molecular flexibility index (Phi) is 4.84. The average Bonchev–Trinajstić information content (AvgIpc) is 2.76. The molecule has 2 unspecified atom stereocenters. The largest absolute Gasteiger partial charge is 0.311 e. The van der Waals surface area contributed by atoms with E-state index in [0.29, 0.717) is 0 Å². The maximum atomic E-state index is 4.71. The molecule has 0 aliphatic heterocycles. The third-order valence-corrected chi connectivity index (χ3v) is 4.61. The standard InChI is InChI=1S/C18H27N3/c1-7-16-8-10-17(11-9-16)18(19-6)15(5)21-14(4)12(2)13(3)20-21/h8-11,15,18-19H,7H2,1-6H3. The number of hydrogen-bond acceptors (Lipinski definition) is 2. The summed E-state index contributed by atoms with van der Waals surface area (Å²) >= 11 is 0. The first-order valence-corrected chi connectivity index (χ1v) is 7.78. The summed E-state index contributed by atoms with van der Waals surface area (Å²) in [6, 6.07) is 9.44. The number of nitrogens with zero attached hydrogens (tertiary/aromatic N) is 2. The lowest BCUT2D eigenvalue weighted by Gasteiger charge is -2.26. The lowest BCUT2D eigenvalue weighted by molar-refractivity contribution is 0.365. The van der Waals surface area contributed by atoms with Crippen molar-refractivity contribution in [2.75, 3.05) is 7.05 Å². The van der Waals surface area contributed by atoms with Crippen LogP contribution in [0, 0.1) is 20.8 Å². The predicted molar refractivity (Wildman–Crippen MR) is 88.8 cm³/mol. The molecule has 3 heteroatoms. The Morgan fingerprint density at radius 1 is 1.14 bits per heavy atom. The van der Waals surface area contributed by atoms with Crippen molar-refractivity contribution in [3.8, 4) is 0 Å². The van der Waals surface area contributed by atoms with Crippen molar-refractivity contribution in [1.29, 1.82) is 0 Å². The summed E-state index contributed by atoms with van der Waals surface area (Å²) < 4.78 is 2.15. The van der Waals surface area contributed by atoms with Crippen LogP contribution in [0.1, 0.15) is 54.0 Å². The molecule has 0 saturated heterocycles. The van der Waals surface area contributed by atoms with Crippen LogP contribution in [-0.4, -0.2) is 16.8 Å². The second-order valence-corrected chi connectivity index (χ2v) is 5.84. The molecular weight excluding hydrogens is 258 g/mol. The molecule has 2 aromatic rings. The third kappa shape index (κ3) is 3.03. The van der Waals surface area contributed by atoms with Crippen LogP contribution in [0.3, 0.4) is 0 Å². The Hall–Kier alpha value is -1.61. The lowest BCUT2D eigenvalue weighted by atomic mass is 9.98. The molecule has 0 amide bonds. The van der Waals surface area contributed by atoms with Crippen LogP contribution in [0.15, 0.2) is 24.3 Å². The van der Waals surface area contributed by atoms with Crippen molar-refractivity contribution < 1.29 is 0 Å². The Morgan fingerprint density at radius 2 is 1.76 bits per heavy atom. The van der Waals surface area contributed by atoms with Crippen LogP contribution >= 0.6 is 0 Å². The minimum Gasteiger partial charge on any atom is -0.311 e. The molecule has 1 aromatic heterocycles. The van der Waals surface area contributed by atoms with Gasteiger partial charge in [0.05, 0.1) is 17.8 Å². The van der Waals surface area contributed by atoms with E-state index in [1.54, 1.807) is 0 Å². The molecule has 1 heterocycles. The van der Waals surface area contributed by atoms with Gasteiger partial charge in [0.15, 0.2) is 0 Å². The first kappa shape index (κ1) is 15.8. The highest BCUT2D eigenvalue weighted by atomic mass is 15.3. The average molecular weight is 285 g/mol. The molecule has 0 bridgehead atoms. The summed E-state index contributed by atoms with van der Waals surface area (Å²) in [5.74, 6) is 0. The lowest BCUT2D eigenvalue weighted by Crippen LogP contribution is -2.27. The minimum absolute atomic E-state index is 0.258. The van der Waals surface area contributed by atoms with Crippen molar-refractivity contribution in [3.63, 3.8) is 0 Å². The van der Waals surface area contributed by atoms with Gasteiger partial charge in [-0.25, -0.2) is 0 Å². The maximum Gasteiger partial charge on any atom is 0.0688 e. The zero-order chi connectivity index (χ0) is 15.6. The van der Waals surface area contributed by atoms with Gasteiger partial charge in [-0.1, -0.05) is 31.2 Å². The molecule has 0 aliphatic rings. The van der Waals surface area contributed by atoms with Gasteiger partial charge in [-0.3, -0.25) is 4.68 Å². The van der Waals surface area contributed by atoms with Crippen LogP contribution < -0.4 is 5.32 Å². The summed E-state index contributed by atoms with van der Waals surface area (Å²) in [5.41, 5.74) is 6.36. The Bertz CT molecular complexity index is 596. The van der Waals surface area contributed by atoms with Gasteiger partial charge < -0.3 is 5.32 Å². The maximum absolute atomic E-state index is 4.71. The molecular formula is C18H27N3. The van der Waals surface area contributed by atoms with Crippen LogP contribution in [0.25, 0.3) is 0 Å². The van der Waals surface area contributed by atoms with Crippen LogP contribution in [0.4, 0.5) is 0 Å². The fraction of sp³-hybridized carbons (Fsp3) is 0.500. The zero-order valence-electron chi connectivity index (χ0n) is 14.1. The highest BCUT2D eigenvalue weighted by molar-refractivity contribution is 5.27. The third-order valence-electron chi connectivity index (χ3n) is 4.61. The van der Waals surface area contributed by atoms with E-state index in [9.17, 15) is 0 Å². The van der Waals surface area contributed by atoms with Crippen LogP contribution in [0.5, 0.6) is 0 Å². The quantitative estimate of drug-likeness (QED) is 0.903. The SMILES string of the molecule is CCc1ccc(C(NC)C(C)n2nc(C)c(C)c2C)cc1. The van der Waals surface area contributed by atoms with Gasteiger partial charge in [0.25, 0.3) is 0 Å². The smallest absolute Gasteiger partial charge is 0.0688 e. The molecule has 1 aromatic carbocycles. The van der Waals surface area contributed by atoms with Gasteiger partial charge in [0, 0.05) is 5.69 Å². The number of rotatable bonds is 5. The Morgan fingerprint density at radius 3 is 2.19 bits per heavy atom. The highest BCUT2D eigenvalue weighted by Crippen LogP contribution is 2.28. The molecule has 1 N–H and O–H groups in total. The molecule has 0 saturated carbocycles. The van der Waals surface area contributed by atoms with E-state index in [1.165, 1.54) is 22.4 Å². The van der Waals surface area contributed by atoms with Crippen molar-refractivity contribution in [3.05, 3.63) is 52.3 Å². The van der Waals surface area contributed by atoms with E-state index < -0.39 is 0 Å². The normalized spacial score (nSPS) is 14.2. The number of benzene rings is 1. The van der Waals surface area contributed by atoms with E-state index in [2.05, 4.69) is 68.9 Å². The molecule has 3 nitrogen and oxygen atoms in total. The van der Waals surface area contributed by atoms with E-state index in [1.807, 2.05) is 7.05 Å². The van der Waals surface area contributed by atoms with E-state index in [-0.39, 0.29) is 12.1 Å². The molecule has 2 atom stereocenters. The van der Waals surface area contributed by atoms with E-state index in [4.69, 9.17) is 5.10 Å². The first-order valence-electron chi connectivity index (χ1n) is 7.78. The van der Waals surface area contributed by atoms with E-state index in [0.717, 1.165) is 12.1 Å². The molecule has 0 radical (unpaired) electrons. The first-order chi connectivity index (χ1) is 9.99. The summed E-state index contributed by atoms with van der Waals surface area (Å²) in [6.45, 7) is 10.8. The molecule has 114 valence electrons. The molecule has 0 aliphatic carbocycles. The fourth-order valence-electron chi connectivity index (χ4n) is 2.93. The van der Waals surface area contributed by atoms with Crippen molar-refractivity contribution in [1.82, 2.24) is 15.1 Å².